The number of ether oxygens (including phenoxy) is 1. The summed E-state index contributed by atoms with van der Waals surface area (Å²) < 4.78 is 6.35. The molecule has 0 aromatic heterocycles. The van der Waals surface area contributed by atoms with Crippen molar-refractivity contribution in [3.05, 3.63) is 112 Å². The van der Waals surface area contributed by atoms with E-state index in [0.29, 0.717) is 6.42 Å². The number of anilines is 1. The number of fused-ring (bicyclic) bond motifs is 4. The Morgan fingerprint density at radius 3 is 2.50 bits per heavy atom. The molecule has 2 atom stereocenters. The van der Waals surface area contributed by atoms with Crippen molar-refractivity contribution in [1.82, 2.24) is 0 Å². The number of hydrogen-bond donors (Lipinski definition) is 1. The Morgan fingerprint density at radius 1 is 0.882 bits per heavy atom. The third kappa shape index (κ3) is 3.54. The number of nitrogens with one attached hydrogen (secondary N) is 1. The molecule has 0 radical (unpaired) electrons. The lowest BCUT2D eigenvalue weighted by atomic mass is 9.71. The Balaban J connectivity index is 1.54. The summed E-state index contributed by atoms with van der Waals surface area (Å²) in [6, 6.07) is 29.0. The second kappa shape index (κ2) is 8.44. The summed E-state index contributed by atoms with van der Waals surface area (Å²) in [5.41, 5.74) is 6.62. The molecule has 4 aromatic carbocycles. The topological polar surface area (TPSA) is 38.3 Å². The fourth-order valence-electron chi connectivity index (χ4n) is 5.50. The number of rotatable bonds is 3. The molecule has 0 saturated carbocycles. The predicted octanol–water partition coefficient (Wildman–Crippen LogP) is 7.68. The van der Waals surface area contributed by atoms with Crippen LogP contribution in [0.3, 0.4) is 0 Å². The monoisotopic (exact) mass is 509 g/mol. The van der Waals surface area contributed by atoms with E-state index in [1.807, 2.05) is 24.3 Å². The van der Waals surface area contributed by atoms with Crippen LogP contribution in [0.25, 0.3) is 16.3 Å². The fourth-order valence-corrected chi connectivity index (χ4v) is 5.91. The van der Waals surface area contributed by atoms with Gasteiger partial charge in [-0.25, -0.2) is 0 Å². The molecule has 6 rings (SSSR count). The molecule has 0 unspecified atom stereocenters. The Kier molecular flexibility index (Phi) is 5.26. The minimum absolute atomic E-state index is 0.144. The number of methoxy groups -OCH3 is 1. The highest BCUT2D eigenvalue weighted by atomic mass is 79.9. The van der Waals surface area contributed by atoms with E-state index in [1.165, 1.54) is 27.5 Å². The highest BCUT2D eigenvalue weighted by Crippen LogP contribution is 2.51. The zero-order chi connectivity index (χ0) is 23.2. The number of ketones is 1. The summed E-state index contributed by atoms with van der Waals surface area (Å²) in [4.78, 5) is 13.8. The summed E-state index contributed by atoms with van der Waals surface area (Å²) in [6.07, 6.45) is 1.35. The van der Waals surface area contributed by atoms with Crippen LogP contribution in [0, 0.1) is 0 Å². The van der Waals surface area contributed by atoms with Crippen molar-refractivity contribution in [3.63, 3.8) is 0 Å². The smallest absolute Gasteiger partial charge is 0.162 e. The number of halogens is 1. The SMILES string of the molecule is COc1ccc([C@@H]2CC(=O)C3=C(C2)c2c(ccc4ccccc24)N[C@H]3c2cccc(Br)c2)cc1. The first kappa shape index (κ1) is 21.2. The van der Waals surface area contributed by atoms with Crippen LogP contribution in [0.5, 0.6) is 5.75 Å². The Morgan fingerprint density at radius 2 is 1.71 bits per heavy atom. The Labute approximate surface area is 207 Å². The molecule has 1 heterocycles. The summed E-state index contributed by atoms with van der Waals surface area (Å²) in [5, 5.41) is 6.10. The Bertz CT molecular complexity index is 1450. The minimum Gasteiger partial charge on any atom is -0.497 e. The van der Waals surface area contributed by atoms with E-state index in [-0.39, 0.29) is 17.7 Å². The first-order valence-electron chi connectivity index (χ1n) is 11.6. The fraction of sp³-hybridized carbons (Fsp3) is 0.167. The second-order valence-electron chi connectivity index (χ2n) is 9.04. The van der Waals surface area contributed by atoms with E-state index in [0.717, 1.165) is 33.5 Å². The molecule has 0 saturated heterocycles. The molecule has 0 spiro atoms. The van der Waals surface area contributed by atoms with Gasteiger partial charge in [-0.15, -0.1) is 0 Å². The quantitative estimate of drug-likeness (QED) is 0.307. The van der Waals surface area contributed by atoms with Gasteiger partial charge in [0, 0.05) is 27.7 Å². The van der Waals surface area contributed by atoms with Crippen LogP contribution in [-0.2, 0) is 4.79 Å². The van der Waals surface area contributed by atoms with Gasteiger partial charge in [-0.05, 0) is 70.1 Å². The largest absolute Gasteiger partial charge is 0.497 e. The van der Waals surface area contributed by atoms with Crippen molar-refractivity contribution in [2.24, 2.45) is 0 Å². The van der Waals surface area contributed by atoms with Gasteiger partial charge in [0.25, 0.3) is 0 Å². The van der Waals surface area contributed by atoms with Gasteiger partial charge in [0.05, 0.1) is 13.2 Å². The third-order valence-electron chi connectivity index (χ3n) is 7.10. The van der Waals surface area contributed by atoms with Gasteiger partial charge in [0.2, 0.25) is 0 Å². The van der Waals surface area contributed by atoms with E-state index in [4.69, 9.17) is 4.74 Å². The summed E-state index contributed by atoms with van der Waals surface area (Å²) in [6.45, 7) is 0. The van der Waals surface area contributed by atoms with Crippen molar-refractivity contribution < 1.29 is 9.53 Å². The molecular weight excluding hydrogens is 486 g/mol. The molecule has 34 heavy (non-hydrogen) atoms. The average molecular weight is 510 g/mol. The molecule has 4 heteroatoms. The Hall–Kier alpha value is -3.37. The maximum atomic E-state index is 13.8. The first-order valence-corrected chi connectivity index (χ1v) is 12.4. The molecule has 1 aliphatic heterocycles. The molecule has 0 fully saturated rings. The van der Waals surface area contributed by atoms with Crippen molar-refractivity contribution in [1.29, 1.82) is 0 Å². The van der Waals surface area contributed by atoms with E-state index in [1.54, 1.807) is 7.11 Å². The molecular formula is C30H24BrNO2. The number of Topliss-reactive ketones (excluding diaryl/α,β-unsaturated/α-hetero) is 1. The maximum absolute atomic E-state index is 13.8. The summed E-state index contributed by atoms with van der Waals surface area (Å²) in [5.74, 6) is 1.20. The van der Waals surface area contributed by atoms with Crippen molar-refractivity contribution in [3.8, 4) is 5.75 Å². The predicted molar refractivity (Wildman–Crippen MR) is 141 cm³/mol. The number of carbonyl (C=O) groups excluding carboxylic acids is 1. The van der Waals surface area contributed by atoms with Gasteiger partial charge in [-0.2, -0.15) is 0 Å². The maximum Gasteiger partial charge on any atom is 0.162 e. The van der Waals surface area contributed by atoms with Crippen LogP contribution in [0.1, 0.15) is 41.5 Å². The lowest BCUT2D eigenvalue weighted by Gasteiger charge is -2.37. The number of hydrogen-bond acceptors (Lipinski definition) is 3. The van der Waals surface area contributed by atoms with Gasteiger partial charge < -0.3 is 10.1 Å². The highest BCUT2D eigenvalue weighted by Gasteiger charge is 2.38. The lowest BCUT2D eigenvalue weighted by molar-refractivity contribution is -0.116. The van der Waals surface area contributed by atoms with Crippen LogP contribution in [0.15, 0.2) is 95.0 Å². The van der Waals surface area contributed by atoms with Gasteiger partial charge >= 0.3 is 0 Å². The number of allylic oxidation sites excluding steroid dienone is 1. The van der Waals surface area contributed by atoms with Crippen LogP contribution in [0.2, 0.25) is 0 Å². The molecule has 168 valence electrons. The van der Waals surface area contributed by atoms with Gasteiger partial charge in [-0.1, -0.05) is 70.5 Å². The van der Waals surface area contributed by atoms with Crippen LogP contribution in [0.4, 0.5) is 5.69 Å². The normalized spacial score (nSPS) is 19.4. The number of carbonyl (C=O) groups is 1. The molecule has 1 aliphatic carbocycles. The molecule has 3 nitrogen and oxygen atoms in total. The molecule has 0 bridgehead atoms. The molecule has 1 N–H and O–H groups in total. The molecule has 2 aliphatic rings. The third-order valence-corrected chi connectivity index (χ3v) is 7.59. The van der Waals surface area contributed by atoms with Crippen molar-refractivity contribution in [2.75, 3.05) is 12.4 Å². The van der Waals surface area contributed by atoms with Crippen LogP contribution >= 0.6 is 15.9 Å². The van der Waals surface area contributed by atoms with E-state index < -0.39 is 0 Å². The zero-order valence-corrected chi connectivity index (χ0v) is 20.4. The molecule has 0 amide bonds. The van der Waals surface area contributed by atoms with Crippen LogP contribution < -0.4 is 10.1 Å². The zero-order valence-electron chi connectivity index (χ0n) is 18.8. The molecule has 4 aromatic rings. The number of benzene rings is 4. The summed E-state index contributed by atoms with van der Waals surface area (Å²) >= 11 is 3.61. The second-order valence-corrected chi connectivity index (χ2v) is 9.95. The van der Waals surface area contributed by atoms with E-state index in [9.17, 15) is 4.79 Å². The minimum atomic E-state index is -0.162. The van der Waals surface area contributed by atoms with Gasteiger partial charge in [0.15, 0.2) is 5.78 Å². The van der Waals surface area contributed by atoms with E-state index in [2.05, 4.69) is 81.9 Å². The highest BCUT2D eigenvalue weighted by molar-refractivity contribution is 9.10. The summed E-state index contributed by atoms with van der Waals surface area (Å²) in [7, 11) is 1.68. The van der Waals surface area contributed by atoms with Crippen LogP contribution in [-0.4, -0.2) is 12.9 Å². The van der Waals surface area contributed by atoms with Gasteiger partial charge in [-0.3, -0.25) is 4.79 Å². The van der Waals surface area contributed by atoms with Crippen molar-refractivity contribution in [2.45, 2.75) is 24.8 Å². The van der Waals surface area contributed by atoms with E-state index >= 15 is 0 Å². The van der Waals surface area contributed by atoms with Crippen molar-refractivity contribution >= 4 is 43.7 Å². The first-order chi connectivity index (χ1) is 16.6. The average Bonchev–Trinajstić information content (AvgIpc) is 2.87. The lowest BCUT2D eigenvalue weighted by Crippen LogP contribution is -2.29. The standard InChI is InChI=1S/C30H24BrNO2/c1-34-23-12-9-18(10-13-23)21-16-25-28-24-8-3-2-5-19(24)11-14-26(28)32-30(29(25)27(33)17-21)20-6-4-7-22(31)15-20/h2-15,21,30,32H,16-17H2,1H3/t21-,30-/m0/s1. The van der Waals surface area contributed by atoms with Gasteiger partial charge in [0.1, 0.15) is 5.75 Å².